The Hall–Kier alpha value is -1.09. The summed E-state index contributed by atoms with van der Waals surface area (Å²) in [5.74, 6) is 0.677. The molecule has 0 fully saturated rings. The van der Waals surface area contributed by atoms with Crippen LogP contribution in [-0.2, 0) is 14.2 Å². The Morgan fingerprint density at radius 2 is 2.17 bits per heavy atom. The Kier molecular flexibility index (Phi) is 5.04. The molecule has 0 bridgehead atoms. The van der Waals surface area contributed by atoms with E-state index in [9.17, 15) is 14.2 Å². The molecule has 0 aliphatic heterocycles. The maximum absolute atomic E-state index is 10.8. The number of nitrogens with two attached hydrogens (primary N) is 2. The molecule has 0 saturated carbocycles. The summed E-state index contributed by atoms with van der Waals surface area (Å²) in [7, 11) is -0.451. The molecule has 0 saturated heterocycles. The molecule has 0 rings (SSSR count). The number of hydrogen-bond acceptors (Lipinski definition) is 4. The molecule has 66 valence electrons. The summed E-state index contributed by atoms with van der Waals surface area (Å²) in [5.41, 5.74) is 9.98. The zero-order valence-corrected chi connectivity index (χ0v) is 7.01. The van der Waals surface area contributed by atoms with Crippen molar-refractivity contribution in [3.63, 3.8) is 0 Å². The average molecular weight is 189 g/mol. The van der Waals surface area contributed by atoms with Crippen molar-refractivity contribution in [2.24, 2.45) is 11.5 Å². The van der Waals surface area contributed by atoms with Crippen LogP contribution in [-0.4, -0.2) is 17.9 Å². The molecule has 12 heavy (non-hydrogen) atoms. The Morgan fingerprint density at radius 1 is 1.58 bits per heavy atom. The molecule has 0 aromatic rings. The number of carbonyl (C=O) groups excluding carboxylic acids is 2. The van der Waals surface area contributed by atoms with E-state index in [4.69, 9.17) is 11.5 Å². The van der Waals surface area contributed by atoms with E-state index in [0.29, 0.717) is 0 Å². The van der Waals surface area contributed by atoms with Crippen LogP contribution in [0.1, 0.15) is 6.42 Å². The van der Waals surface area contributed by atoms with Crippen molar-refractivity contribution >= 4 is 19.7 Å². The van der Waals surface area contributed by atoms with Crippen LogP contribution in [0.25, 0.3) is 0 Å². The molecule has 1 atom stereocenters. The molecule has 6 nitrogen and oxygen atoms in total. The second-order valence-corrected chi connectivity index (χ2v) is 2.38. The summed E-state index contributed by atoms with van der Waals surface area (Å²) < 4.78 is 9.79. The topological polar surface area (TPSA) is 115 Å². The molecule has 7 heteroatoms. The van der Waals surface area contributed by atoms with Gasteiger partial charge in [0.2, 0.25) is 0 Å². The molecule has 0 radical (unpaired) electrons. The molecular formula is C5H8N3O3P. The third-order valence-corrected chi connectivity index (χ3v) is 1.19. The van der Waals surface area contributed by atoms with Gasteiger partial charge in [-0.25, -0.2) is 0 Å². The number of hydrogen-bond donors (Lipinski definition) is 3. The van der Waals surface area contributed by atoms with Crippen molar-refractivity contribution < 1.29 is 14.2 Å². The predicted molar refractivity (Wildman–Crippen MR) is 41.4 cm³/mol. The van der Waals surface area contributed by atoms with Crippen LogP contribution in [0.3, 0.4) is 0 Å². The standard InChI is InChI=1S/C5H8N3O3P/c6-3(1-4(7)9)5(10)8-2-12-11/h3H,1,6H2,(H2,7,9)(H,8,10)/t3-/m0/s1. The van der Waals surface area contributed by atoms with Crippen LogP contribution in [0.5, 0.6) is 0 Å². The zero-order valence-electron chi connectivity index (χ0n) is 6.11. The van der Waals surface area contributed by atoms with Crippen LogP contribution in [0, 0.1) is 5.75 Å². The molecule has 0 spiro atoms. The van der Waals surface area contributed by atoms with Gasteiger partial charge in [-0.3, -0.25) is 0 Å². The third kappa shape index (κ3) is 4.68. The number of amides is 2. The molecule has 0 heterocycles. The molecule has 0 aliphatic carbocycles. The van der Waals surface area contributed by atoms with Crippen molar-refractivity contribution in [2.45, 2.75) is 12.5 Å². The van der Waals surface area contributed by atoms with Gasteiger partial charge in [0, 0.05) is 0 Å². The Morgan fingerprint density at radius 3 is 2.58 bits per heavy atom. The second-order valence-electron chi connectivity index (χ2n) is 1.97. The number of nitrogens with one attached hydrogen (secondary N) is 1. The molecule has 0 aromatic heterocycles. The summed E-state index contributed by atoms with van der Waals surface area (Å²) in [6.45, 7) is 0. The fraction of sp³-hybridized carbons (Fsp3) is 0.400. The van der Waals surface area contributed by atoms with E-state index in [1.165, 1.54) is 0 Å². The maximum atomic E-state index is 10.8. The first-order valence-corrected chi connectivity index (χ1v) is 3.80. The van der Waals surface area contributed by atoms with Crippen LogP contribution in [0.15, 0.2) is 0 Å². The van der Waals surface area contributed by atoms with Crippen molar-refractivity contribution in [2.75, 3.05) is 0 Å². The minimum atomic E-state index is -1.02. The number of primary amides is 1. The van der Waals surface area contributed by atoms with Gasteiger partial charge in [-0.1, -0.05) is 0 Å². The molecule has 2 amide bonds. The van der Waals surface area contributed by atoms with Crippen molar-refractivity contribution in [1.29, 1.82) is 0 Å². The first kappa shape index (κ1) is 10.9. The first-order chi connectivity index (χ1) is 5.57. The fourth-order valence-corrected chi connectivity index (χ4v) is 0.636. The Bertz CT molecular complexity index is 283. The predicted octanol–water partition coefficient (Wildman–Crippen LogP) is -1.49. The van der Waals surface area contributed by atoms with Crippen LogP contribution < -0.4 is 16.8 Å². The van der Waals surface area contributed by atoms with Gasteiger partial charge in [-0.2, -0.15) is 0 Å². The number of carbonyl (C=O) groups is 2. The second kappa shape index (κ2) is 5.55. The van der Waals surface area contributed by atoms with Crippen LogP contribution in [0.2, 0.25) is 0 Å². The molecule has 0 unspecified atom stereocenters. The summed E-state index contributed by atoms with van der Waals surface area (Å²) in [5, 5.41) is 1.99. The molecule has 0 aromatic carbocycles. The van der Waals surface area contributed by atoms with Gasteiger partial charge in [0.05, 0.1) is 0 Å². The quantitative estimate of drug-likeness (QED) is 0.370. The Labute approximate surface area is 69.8 Å². The van der Waals surface area contributed by atoms with Crippen molar-refractivity contribution in [3.05, 3.63) is 0 Å². The molecule has 0 aliphatic rings. The molecule has 5 N–H and O–H groups in total. The summed E-state index contributed by atoms with van der Waals surface area (Å²) >= 11 is 0. The van der Waals surface area contributed by atoms with E-state index in [-0.39, 0.29) is 6.42 Å². The van der Waals surface area contributed by atoms with Gasteiger partial charge >= 0.3 is 68.9 Å². The van der Waals surface area contributed by atoms with Crippen LogP contribution >= 0.6 is 7.92 Å². The summed E-state index contributed by atoms with van der Waals surface area (Å²) in [6.07, 6.45) is -0.247. The van der Waals surface area contributed by atoms with Gasteiger partial charge in [0.15, 0.2) is 0 Å². The number of rotatable bonds is 3. The van der Waals surface area contributed by atoms with E-state index in [1.807, 2.05) is 11.1 Å². The van der Waals surface area contributed by atoms with E-state index in [0.717, 1.165) is 0 Å². The van der Waals surface area contributed by atoms with Gasteiger partial charge < -0.3 is 0 Å². The zero-order chi connectivity index (χ0) is 9.56. The SMILES string of the molecule is NC(=O)C[C@H](N)C(=O)NC#P=O. The first-order valence-electron chi connectivity index (χ1n) is 2.99. The summed E-state index contributed by atoms with van der Waals surface area (Å²) in [6, 6.07) is -1.02. The van der Waals surface area contributed by atoms with Gasteiger partial charge in [-0.15, -0.1) is 0 Å². The van der Waals surface area contributed by atoms with Crippen molar-refractivity contribution in [1.82, 2.24) is 5.32 Å². The normalized spacial score (nSPS) is 11.1. The van der Waals surface area contributed by atoms with Gasteiger partial charge in [0.1, 0.15) is 0 Å². The third-order valence-electron chi connectivity index (χ3n) is 0.983. The monoisotopic (exact) mass is 189 g/mol. The van der Waals surface area contributed by atoms with Crippen molar-refractivity contribution in [3.8, 4) is 5.75 Å². The Balaban J connectivity index is 3.98. The van der Waals surface area contributed by atoms with E-state index < -0.39 is 25.8 Å². The molecular weight excluding hydrogens is 181 g/mol. The van der Waals surface area contributed by atoms with Crippen LogP contribution in [0.4, 0.5) is 0 Å². The van der Waals surface area contributed by atoms with Gasteiger partial charge in [0.25, 0.3) is 0 Å². The van der Waals surface area contributed by atoms with E-state index >= 15 is 0 Å². The fourth-order valence-electron chi connectivity index (χ4n) is 0.480. The van der Waals surface area contributed by atoms with E-state index in [2.05, 4.69) is 0 Å². The average Bonchev–Trinajstić information content (AvgIpc) is 1.98. The summed E-state index contributed by atoms with van der Waals surface area (Å²) in [4.78, 5) is 21.1. The van der Waals surface area contributed by atoms with E-state index in [1.54, 1.807) is 0 Å². The minimum absolute atomic E-state index is 0.247. The van der Waals surface area contributed by atoms with Gasteiger partial charge in [-0.05, 0) is 0 Å².